The zero-order valence-corrected chi connectivity index (χ0v) is 42.6. The Labute approximate surface area is 422 Å². The second-order valence-electron chi connectivity index (χ2n) is 22.0. The van der Waals surface area contributed by atoms with Crippen molar-refractivity contribution in [2.75, 3.05) is 39.9 Å². The first-order valence-electron chi connectivity index (χ1n) is 26.6. The summed E-state index contributed by atoms with van der Waals surface area (Å²) in [5, 5.41) is 20.4. The summed E-state index contributed by atoms with van der Waals surface area (Å²) < 4.78 is 14.3. The number of esters is 1. The fraction of sp³-hybridized carbons (Fsp3) is 0.571. The van der Waals surface area contributed by atoms with Gasteiger partial charge in [-0.2, -0.15) is 0 Å². The highest BCUT2D eigenvalue weighted by atomic mass is 16.5. The maximum Gasteiger partial charge on any atom is 0.324 e. The number of carbonyl (C=O) groups excluding carboxylic acids is 5. The molecule has 0 radical (unpaired) electrons. The molecule has 10 rings (SSSR count). The quantitative estimate of drug-likeness (QED) is 0.104. The number of pyridine rings is 1. The Morgan fingerprint density at radius 3 is 2.53 bits per heavy atom. The van der Waals surface area contributed by atoms with Gasteiger partial charge in [0.1, 0.15) is 29.9 Å². The summed E-state index contributed by atoms with van der Waals surface area (Å²) in [5.74, 6) is -0.923. The number of cyclic esters (lactones) is 1. The van der Waals surface area contributed by atoms with Crippen molar-refractivity contribution in [2.45, 2.75) is 148 Å². The minimum absolute atomic E-state index is 0.0123. The third-order valence-electron chi connectivity index (χ3n) is 16.2. The summed E-state index contributed by atoms with van der Waals surface area (Å²) in [6.07, 6.45) is 9.43. The van der Waals surface area contributed by atoms with E-state index < -0.39 is 41.3 Å². The lowest BCUT2D eigenvalue weighted by molar-refractivity contribution is -0.155. The van der Waals surface area contributed by atoms with Crippen LogP contribution in [0.4, 0.5) is 0 Å². The number of hydrogen-bond acceptors (Lipinski definition) is 11. The van der Waals surface area contributed by atoms with Crippen molar-refractivity contribution in [1.29, 1.82) is 0 Å². The number of ether oxygens (including phenoxy) is 2. The van der Waals surface area contributed by atoms with Gasteiger partial charge in [0.15, 0.2) is 0 Å². The number of carbonyl (C=O) groups is 5. The normalized spacial score (nSPS) is 25.1. The largest absolute Gasteiger partial charge is 0.508 e. The molecule has 72 heavy (non-hydrogen) atoms. The first-order chi connectivity index (χ1) is 34.7. The fourth-order valence-electron chi connectivity index (χ4n) is 12.2. The molecule has 6 atom stereocenters. The van der Waals surface area contributed by atoms with Crippen molar-refractivity contribution in [2.24, 2.45) is 17.3 Å². The average molecular weight is 985 g/mol. The lowest BCUT2D eigenvalue weighted by atomic mass is 9.84. The van der Waals surface area contributed by atoms with Crippen molar-refractivity contribution in [3.63, 3.8) is 0 Å². The van der Waals surface area contributed by atoms with Crippen molar-refractivity contribution in [3.05, 3.63) is 71.5 Å². The van der Waals surface area contributed by atoms with Gasteiger partial charge in [0.25, 0.3) is 5.91 Å². The van der Waals surface area contributed by atoms with E-state index >= 15 is 4.79 Å². The average Bonchev–Trinajstić information content (AvgIpc) is 4.30. The van der Waals surface area contributed by atoms with E-state index in [0.717, 1.165) is 83.1 Å². The van der Waals surface area contributed by atoms with Gasteiger partial charge in [-0.15, -0.1) is 0 Å². The number of phenolic OH excluding ortho intramolecular Hbond substituents is 1. The first-order valence-corrected chi connectivity index (χ1v) is 26.6. The number of amides is 4. The number of nitrogens with one attached hydrogen (secondary N) is 3. The lowest BCUT2D eigenvalue weighted by Crippen LogP contribution is -2.62. The van der Waals surface area contributed by atoms with Gasteiger partial charge in [-0.3, -0.25) is 39.3 Å². The second kappa shape index (κ2) is 20.6. The smallest absolute Gasteiger partial charge is 0.324 e. The van der Waals surface area contributed by atoms with Gasteiger partial charge in [0.2, 0.25) is 17.7 Å². The van der Waals surface area contributed by atoms with Gasteiger partial charge in [0.05, 0.1) is 24.1 Å². The SMILES string of the molecule is CCn1c(-c2cccnc2[C@H](C)OC)c2c3cc(ccc31)-c1cc(O)cc(c1)C[C@H](NC(=O)C(C1CCCC1)N1CCCN(C(=O)[C@@H]3NC3C3CC3)CCC1=O)C(=O)N1CCC[C@H](N1)C(=O)OCC(C)(C)C2. The van der Waals surface area contributed by atoms with E-state index in [-0.39, 0.29) is 61.1 Å². The van der Waals surface area contributed by atoms with Crippen molar-refractivity contribution in [3.8, 4) is 28.1 Å². The van der Waals surface area contributed by atoms with E-state index in [0.29, 0.717) is 69.9 Å². The van der Waals surface area contributed by atoms with Crippen LogP contribution in [0.3, 0.4) is 0 Å². The van der Waals surface area contributed by atoms with E-state index in [9.17, 15) is 24.3 Å². The summed E-state index contributed by atoms with van der Waals surface area (Å²) >= 11 is 0. The van der Waals surface area contributed by atoms with Crippen LogP contribution in [-0.4, -0.2) is 129 Å². The summed E-state index contributed by atoms with van der Waals surface area (Å²) in [7, 11) is 1.68. The minimum Gasteiger partial charge on any atom is -0.508 e. The number of phenols is 1. The molecule has 2 aromatic heterocycles. The van der Waals surface area contributed by atoms with Crippen LogP contribution in [-0.2, 0) is 52.8 Å². The predicted molar refractivity (Wildman–Crippen MR) is 272 cm³/mol. The third-order valence-corrected chi connectivity index (χ3v) is 16.2. The number of benzene rings is 2. The van der Waals surface area contributed by atoms with E-state index in [2.05, 4.69) is 59.6 Å². The van der Waals surface area contributed by atoms with Crippen LogP contribution in [0.1, 0.15) is 115 Å². The molecule has 4 aliphatic heterocycles. The van der Waals surface area contributed by atoms with Gasteiger partial charge in [-0.05, 0) is 136 Å². The van der Waals surface area contributed by atoms with Gasteiger partial charge < -0.3 is 34.3 Å². The van der Waals surface area contributed by atoms with E-state index in [1.54, 1.807) is 30.3 Å². The van der Waals surface area contributed by atoms with Crippen LogP contribution in [0, 0.1) is 17.3 Å². The highest BCUT2D eigenvalue weighted by Gasteiger charge is 2.52. The molecule has 384 valence electrons. The summed E-state index contributed by atoms with van der Waals surface area (Å²) in [6.45, 7) is 10.5. The van der Waals surface area contributed by atoms with Crippen LogP contribution in [0.25, 0.3) is 33.3 Å². The maximum atomic E-state index is 15.1. The maximum absolute atomic E-state index is 15.1. The molecular weight excluding hydrogens is 913 g/mol. The zero-order valence-electron chi connectivity index (χ0n) is 42.6. The number of rotatable bonds is 10. The molecule has 2 aliphatic carbocycles. The molecule has 2 saturated carbocycles. The molecule has 4 amide bonds. The molecule has 4 aromatic rings. The molecule has 3 saturated heterocycles. The Kier molecular flexibility index (Phi) is 14.2. The number of hydrazine groups is 1. The van der Waals surface area contributed by atoms with Crippen molar-refractivity contribution >= 4 is 40.5 Å². The van der Waals surface area contributed by atoms with Crippen LogP contribution >= 0.6 is 0 Å². The number of methoxy groups -OCH3 is 1. The molecule has 2 unspecified atom stereocenters. The van der Waals surface area contributed by atoms with E-state index in [1.165, 1.54) is 5.01 Å². The Morgan fingerprint density at radius 2 is 1.76 bits per heavy atom. The molecule has 6 bridgehead atoms. The summed E-state index contributed by atoms with van der Waals surface area (Å²) in [4.78, 5) is 80.3. The Bertz CT molecular complexity index is 2730. The molecule has 16 heteroatoms. The number of aromatic hydroxyl groups is 1. The Hall–Kier alpha value is -5.84. The van der Waals surface area contributed by atoms with Crippen LogP contribution in [0.15, 0.2) is 54.7 Å². The highest BCUT2D eigenvalue weighted by Crippen LogP contribution is 2.43. The van der Waals surface area contributed by atoms with Crippen LogP contribution in [0.5, 0.6) is 5.75 Å². The first kappa shape index (κ1) is 49.7. The lowest BCUT2D eigenvalue weighted by Gasteiger charge is -2.39. The van der Waals surface area contributed by atoms with Gasteiger partial charge in [0, 0.05) is 86.8 Å². The van der Waals surface area contributed by atoms with Gasteiger partial charge in [-0.25, -0.2) is 5.43 Å². The number of hydrogen-bond donors (Lipinski definition) is 4. The Morgan fingerprint density at radius 1 is 0.958 bits per heavy atom. The highest BCUT2D eigenvalue weighted by molar-refractivity contribution is 5.96. The molecular formula is C56H72N8O8. The fourth-order valence-corrected chi connectivity index (χ4v) is 12.2. The zero-order chi connectivity index (χ0) is 50.4. The summed E-state index contributed by atoms with van der Waals surface area (Å²) in [6, 6.07) is 13.0. The predicted octanol–water partition coefficient (Wildman–Crippen LogP) is 6.21. The van der Waals surface area contributed by atoms with Crippen molar-refractivity contribution < 1.29 is 38.6 Å². The van der Waals surface area contributed by atoms with E-state index in [1.807, 2.05) is 30.0 Å². The van der Waals surface area contributed by atoms with Gasteiger partial charge >= 0.3 is 5.97 Å². The number of nitrogens with zero attached hydrogens (tertiary/aromatic N) is 5. The van der Waals surface area contributed by atoms with Crippen LogP contribution < -0.4 is 16.1 Å². The number of fused-ring (bicyclic) bond motifs is 6. The molecule has 16 nitrogen and oxygen atoms in total. The molecule has 5 fully saturated rings. The topological polar surface area (TPSA) is 198 Å². The third kappa shape index (κ3) is 10.2. The molecule has 6 heterocycles. The molecule has 4 N–H and O–H groups in total. The number of aryl methyl sites for hydroxylation is 1. The van der Waals surface area contributed by atoms with Crippen LogP contribution in [0.2, 0.25) is 0 Å². The minimum atomic E-state index is -1.13. The molecule has 2 aromatic carbocycles. The monoisotopic (exact) mass is 985 g/mol. The summed E-state index contributed by atoms with van der Waals surface area (Å²) in [5.41, 5.74) is 9.74. The Balaban J connectivity index is 1.00. The number of aromatic nitrogens is 2. The van der Waals surface area contributed by atoms with E-state index in [4.69, 9.17) is 14.5 Å². The standard InChI is InChI=1S/C56H72N8O8/c1-6-62-45-19-18-37-30-41(45)42(51(62)40-14-9-21-57-47(40)33(2)71-5)31-56(3,4)32-72-55(70)43-15-10-24-64(60-43)53(68)44(28-34-26-38(37)29-39(65)27-34)58-52(67)50(36-12-7-8-13-36)63-23-11-22-61(25-20-46(63)66)54(69)49-48(59-49)35-16-17-35/h9,14,18-19,21,26-27,29-30,33,35-36,43-44,48-50,59-60,65H,6-8,10-13,15-17,20,22-25,28,31-32H2,1-5H3,(H,58,67)/t33-,43-,44-,48?,49+,50?/m0/s1. The van der Waals surface area contributed by atoms with Crippen molar-refractivity contribution in [1.82, 2.24) is 40.4 Å². The molecule has 6 aliphatic rings. The molecule has 0 spiro atoms. The van der Waals surface area contributed by atoms with Gasteiger partial charge in [-0.1, -0.05) is 38.8 Å². The second-order valence-corrected chi connectivity index (χ2v) is 22.0.